The molecule has 29 heavy (non-hydrogen) atoms. The summed E-state index contributed by atoms with van der Waals surface area (Å²) < 4.78 is 10.9. The van der Waals surface area contributed by atoms with Gasteiger partial charge in [-0.05, 0) is 62.2 Å². The molecule has 0 saturated heterocycles. The highest BCUT2D eigenvalue weighted by atomic mass is 35.5. The maximum Gasteiger partial charge on any atom is 0.247 e. The van der Waals surface area contributed by atoms with Gasteiger partial charge in [0.05, 0.1) is 36.4 Å². The van der Waals surface area contributed by atoms with Gasteiger partial charge in [0, 0.05) is 12.6 Å². The molecule has 0 saturated carbocycles. The summed E-state index contributed by atoms with van der Waals surface area (Å²) in [5, 5.41) is 9.36. The second kappa shape index (κ2) is 10.5. The van der Waals surface area contributed by atoms with E-state index in [1.807, 2.05) is 32.9 Å². The summed E-state index contributed by atoms with van der Waals surface area (Å²) in [6.07, 6.45) is 3.24. The van der Waals surface area contributed by atoms with Gasteiger partial charge in [0.1, 0.15) is 0 Å². The Kier molecular flexibility index (Phi) is 8.11. The van der Waals surface area contributed by atoms with E-state index in [2.05, 4.69) is 6.07 Å². The summed E-state index contributed by atoms with van der Waals surface area (Å²) in [4.78, 5) is 14.6. The van der Waals surface area contributed by atoms with Crippen molar-refractivity contribution >= 4 is 23.6 Å². The van der Waals surface area contributed by atoms with E-state index in [4.69, 9.17) is 26.3 Å². The number of methoxy groups -OCH3 is 1. The van der Waals surface area contributed by atoms with Crippen molar-refractivity contribution in [1.29, 1.82) is 5.26 Å². The van der Waals surface area contributed by atoms with Crippen LogP contribution in [0.2, 0.25) is 5.02 Å². The molecule has 1 amide bonds. The predicted molar refractivity (Wildman–Crippen MR) is 115 cm³/mol. The number of hydrogen-bond donors (Lipinski definition) is 0. The second-order valence-corrected chi connectivity index (χ2v) is 6.74. The first-order valence-electron chi connectivity index (χ1n) is 9.44. The number of halogens is 1. The van der Waals surface area contributed by atoms with Gasteiger partial charge in [-0.25, -0.2) is 0 Å². The highest BCUT2D eigenvalue weighted by molar-refractivity contribution is 6.32. The lowest BCUT2D eigenvalue weighted by Gasteiger charge is -2.27. The standard InChI is InChI=1S/C23H25ClN2O3/c1-5-26(16(3)19-10-7-17(15-25)8-11-19)22(27)12-9-18-13-20(24)23(28-4)21(14-18)29-6-2/h7-14,16H,5-6H2,1-4H3/b12-9+/t16-/m1/s1. The Balaban J connectivity index is 2.22. The molecule has 5 nitrogen and oxygen atoms in total. The Morgan fingerprint density at radius 3 is 2.52 bits per heavy atom. The summed E-state index contributed by atoms with van der Waals surface area (Å²) in [6.45, 7) is 6.81. The van der Waals surface area contributed by atoms with E-state index in [0.717, 1.165) is 11.1 Å². The van der Waals surface area contributed by atoms with Gasteiger partial charge >= 0.3 is 0 Å². The molecule has 1 atom stereocenters. The minimum atomic E-state index is -0.122. The van der Waals surface area contributed by atoms with Gasteiger partial charge in [-0.15, -0.1) is 0 Å². The average molecular weight is 413 g/mol. The molecule has 0 aromatic heterocycles. The number of amides is 1. The van der Waals surface area contributed by atoms with Crippen LogP contribution in [0.25, 0.3) is 6.08 Å². The molecule has 0 unspecified atom stereocenters. The van der Waals surface area contributed by atoms with Gasteiger partial charge in [0.2, 0.25) is 5.91 Å². The maximum atomic E-state index is 12.8. The number of hydrogen-bond acceptors (Lipinski definition) is 4. The Bertz CT molecular complexity index is 917. The zero-order valence-electron chi connectivity index (χ0n) is 17.1. The molecule has 2 aromatic rings. The van der Waals surface area contributed by atoms with Gasteiger partial charge in [0.25, 0.3) is 0 Å². The fraction of sp³-hybridized carbons (Fsp3) is 0.304. The van der Waals surface area contributed by atoms with Gasteiger partial charge < -0.3 is 14.4 Å². The van der Waals surface area contributed by atoms with Crippen LogP contribution < -0.4 is 9.47 Å². The smallest absolute Gasteiger partial charge is 0.247 e. The summed E-state index contributed by atoms with van der Waals surface area (Å²) in [6, 6.07) is 12.8. The molecule has 0 N–H and O–H groups in total. The SMILES string of the molecule is CCOc1cc(/C=C/C(=O)N(CC)[C@H](C)c2ccc(C#N)cc2)cc(Cl)c1OC. The fourth-order valence-corrected chi connectivity index (χ4v) is 3.34. The molecule has 152 valence electrons. The number of ether oxygens (including phenoxy) is 2. The Labute approximate surface area is 177 Å². The van der Waals surface area contributed by atoms with Crippen molar-refractivity contribution in [2.24, 2.45) is 0 Å². The zero-order valence-corrected chi connectivity index (χ0v) is 17.9. The van der Waals surface area contributed by atoms with E-state index in [1.54, 1.807) is 35.2 Å². The molecule has 0 spiro atoms. The van der Waals surface area contributed by atoms with Gasteiger partial charge in [-0.2, -0.15) is 5.26 Å². The Morgan fingerprint density at radius 1 is 1.28 bits per heavy atom. The van der Waals surface area contributed by atoms with Crippen LogP contribution in [0.4, 0.5) is 0 Å². The highest BCUT2D eigenvalue weighted by Gasteiger charge is 2.18. The van der Waals surface area contributed by atoms with E-state index >= 15 is 0 Å². The first kappa shape index (κ1) is 22.3. The third kappa shape index (κ3) is 5.52. The van der Waals surface area contributed by atoms with Gasteiger partial charge in [0.15, 0.2) is 11.5 Å². The second-order valence-electron chi connectivity index (χ2n) is 6.33. The Morgan fingerprint density at radius 2 is 1.97 bits per heavy atom. The number of nitriles is 1. The van der Waals surface area contributed by atoms with Crippen molar-refractivity contribution in [3.8, 4) is 17.6 Å². The lowest BCUT2D eigenvalue weighted by atomic mass is 10.0. The molecular formula is C23H25ClN2O3. The van der Waals surface area contributed by atoms with Crippen LogP contribution in [0.3, 0.4) is 0 Å². The fourth-order valence-electron chi connectivity index (χ4n) is 3.05. The van der Waals surface area contributed by atoms with Crippen LogP contribution in [0.15, 0.2) is 42.5 Å². The van der Waals surface area contributed by atoms with E-state index < -0.39 is 0 Å². The van der Waals surface area contributed by atoms with Crippen molar-refractivity contribution in [3.63, 3.8) is 0 Å². The lowest BCUT2D eigenvalue weighted by Crippen LogP contribution is -2.32. The average Bonchev–Trinajstić information content (AvgIpc) is 2.73. The predicted octanol–water partition coefficient (Wildman–Crippen LogP) is 5.24. The van der Waals surface area contributed by atoms with E-state index in [-0.39, 0.29) is 11.9 Å². The number of carbonyl (C=O) groups excluding carboxylic acids is 1. The van der Waals surface area contributed by atoms with Crippen LogP contribution >= 0.6 is 11.6 Å². The minimum absolute atomic E-state index is 0.116. The van der Waals surface area contributed by atoms with E-state index in [0.29, 0.717) is 35.2 Å². The topological polar surface area (TPSA) is 62.6 Å². The first-order valence-corrected chi connectivity index (χ1v) is 9.81. The molecule has 0 radical (unpaired) electrons. The lowest BCUT2D eigenvalue weighted by molar-refractivity contribution is -0.127. The maximum absolute atomic E-state index is 12.8. The van der Waals surface area contributed by atoms with Crippen LogP contribution in [0.5, 0.6) is 11.5 Å². The van der Waals surface area contributed by atoms with E-state index in [9.17, 15) is 4.79 Å². The molecule has 6 heteroatoms. The summed E-state index contributed by atoms with van der Waals surface area (Å²) >= 11 is 6.27. The van der Waals surface area contributed by atoms with Crippen molar-refractivity contribution in [1.82, 2.24) is 4.90 Å². The summed E-state index contributed by atoms with van der Waals surface area (Å²) in [5.74, 6) is 0.892. The normalized spacial score (nSPS) is 11.7. The molecule has 2 rings (SSSR count). The largest absolute Gasteiger partial charge is 0.491 e. The van der Waals surface area contributed by atoms with E-state index in [1.165, 1.54) is 13.2 Å². The van der Waals surface area contributed by atoms with Crippen LogP contribution in [-0.2, 0) is 4.79 Å². The zero-order chi connectivity index (χ0) is 21.4. The van der Waals surface area contributed by atoms with Gasteiger partial charge in [-0.1, -0.05) is 23.7 Å². The minimum Gasteiger partial charge on any atom is -0.491 e. The third-order valence-electron chi connectivity index (χ3n) is 4.57. The molecule has 0 heterocycles. The number of carbonyl (C=O) groups is 1. The molecule has 0 aliphatic heterocycles. The first-order chi connectivity index (χ1) is 13.9. The van der Waals surface area contributed by atoms with Crippen LogP contribution in [-0.4, -0.2) is 31.1 Å². The van der Waals surface area contributed by atoms with Gasteiger partial charge in [-0.3, -0.25) is 4.79 Å². The molecule has 0 aliphatic carbocycles. The van der Waals surface area contributed by atoms with Crippen LogP contribution in [0.1, 0.15) is 43.5 Å². The number of nitrogens with zero attached hydrogens (tertiary/aromatic N) is 2. The molecule has 2 aromatic carbocycles. The van der Waals surface area contributed by atoms with Crippen molar-refractivity contribution < 1.29 is 14.3 Å². The molecular weight excluding hydrogens is 388 g/mol. The van der Waals surface area contributed by atoms with Crippen molar-refractivity contribution in [3.05, 3.63) is 64.2 Å². The quantitative estimate of drug-likeness (QED) is 0.556. The highest BCUT2D eigenvalue weighted by Crippen LogP contribution is 2.36. The van der Waals surface area contributed by atoms with Crippen molar-refractivity contribution in [2.45, 2.75) is 26.8 Å². The number of rotatable bonds is 8. The molecule has 0 aliphatic rings. The van der Waals surface area contributed by atoms with Crippen LogP contribution in [0, 0.1) is 11.3 Å². The molecule has 0 bridgehead atoms. The number of likely N-dealkylation sites (N-methyl/N-ethyl adjacent to an activating group) is 1. The monoisotopic (exact) mass is 412 g/mol. The number of benzene rings is 2. The summed E-state index contributed by atoms with van der Waals surface area (Å²) in [5.41, 5.74) is 2.31. The van der Waals surface area contributed by atoms with Crippen molar-refractivity contribution in [2.75, 3.05) is 20.3 Å². The third-order valence-corrected chi connectivity index (χ3v) is 4.85. The summed E-state index contributed by atoms with van der Waals surface area (Å²) in [7, 11) is 1.53. The Hall–Kier alpha value is -2.97. The molecule has 0 fully saturated rings.